The maximum atomic E-state index is 5.79. The van der Waals surface area contributed by atoms with Crippen molar-refractivity contribution in [1.82, 2.24) is 4.98 Å². The van der Waals surface area contributed by atoms with E-state index in [0.29, 0.717) is 6.61 Å². The zero-order valence-electron chi connectivity index (χ0n) is 6.77. The summed E-state index contributed by atoms with van der Waals surface area (Å²) in [5.74, 6) is 0.205. The standard InChI is InChI=1S/C7H7Cl3N2O/c1-2-13-7-4(9)5(11)3(8)6(10)12-7/h2H2,1H3,(H2,11,12). The maximum Gasteiger partial charge on any atom is 0.236 e. The van der Waals surface area contributed by atoms with E-state index in [1.807, 2.05) is 0 Å². The molecule has 13 heavy (non-hydrogen) atoms. The SMILES string of the molecule is CCOc1nc(Cl)c(Cl)c(N)c1Cl. The minimum absolute atomic E-state index is 0.0898. The first-order chi connectivity index (χ1) is 6.07. The van der Waals surface area contributed by atoms with E-state index in [4.69, 9.17) is 45.3 Å². The lowest BCUT2D eigenvalue weighted by atomic mass is 10.4. The van der Waals surface area contributed by atoms with E-state index >= 15 is 0 Å². The first kappa shape index (κ1) is 10.7. The van der Waals surface area contributed by atoms with Gasteiger partial charge in [0.05, 0.1) is 12.3 Å². The second-order valence-electron chi connectivity index (χ2n) is 2.18. The summed E-state index contributed by atoms with van der Waals surface area (Å²) in [5, 5.41) is 0.429. The molecule has 0 spiro atoms. The summed E-state index contributed by atoms with van der Waals surface area (Å²) in [6.07, 6.45) is 0. The molecule has 1 heterocycles. The van der Waals surface area contributed by atoms with Crippen LogP contribution in [0.5, 0.6) is 5.88 Å². The number of ether oxygens (including phenoxy) is 1. The topological polar surface area (TPSA) is 48.1 Å². The fraction of sp³-hybridized carbons (Fsp3) is 0.286. The van der Waals surface area contributed by atoms with Gasteiger partial charge in [0, 0.05) is 0 Å². The van der Waals surface area contributed by atoms with Crippen molar-refractivity contribution < 1.29 is 4.74 Å². The lowest BCUT2D eigenvalue weighted by Crippen LogP contribution is -1.99. The van der Waals surface area contributed by atoms with Crippen molar-refractivity contribution in [2.45, 2.75) is 6.92 Å². The molecule has 0 amide bonds. The van der Waals surface area contributed by atoms with Gasteiger partial charge in [0.25, 0.3) is 0 Å². The second kappa shape index (κ2) is 4.22. The van der Waals surface area contributed by atoms with E-state index in [1.165, 1.54) is 0 Å². The maximum absolute atomic E-state index is 5.79. The second-order valence-corrected chi connectivity index (χ2v) is 3.30. The normalized spacial score (nSPS) is 10.2. The molecule has 0 unspecified atom stereocenters. The van der Waals surface area contributed by atoms with Crippen molar-refractivity contribution in [3.05, 3.63) is 15.2 Å². The third-order valence-corrected chi connectivity index (χ3v) is 2.44. The Hall–Kier alpha value is -0.380. The molecule has 0 atom stereocenters. The molecule has 0 saturated heterocycles. The predicted molar refractivity (Wildman–Crippen MR) is 54.8 cm³/mol. The number of hydrogen-bond donors (Lipinski definition) is 1. The lowest BCUT2D eigenvalue weighted by Gasteiger charge is -2.08. The molecule has 1 aromatic rings. The van der Waals surface area contributed by atoms with Gasteiger partial charge in [-0.25, -0.2) is 0 Å². The van der Waals surface area contributed by atoms with Gasteiger partial charge in [-0.15, -0.1) is 0 Å². The molecule has 1 aromatic heterocycles. The number of nitrogen functional groups attached to an aromatic ring is 1. The third-order valence-electron chi connectivity index (χ3n) is 1.32. The molecule has 0 aliphatic rings. The van der Waals surface area contributed by atoms with Crippen LogP contribution in [0.1, 0.15) is 6.92 Å². The Morgan fingerprint density at radius 2 is 1.92 bits per heavy atom. The highest BCUT2D eigenvalue weighted by Gasteiger charge is 2.14. The van der Waals surface area contributed by atoms with Crippen molar-refractivity contribution in [3.8, 4) is 5.88 Å². The van der Waals surface area contributed by atoms with Gasteiger partial charge < -0.3 is 10.5 Å². The fourth-order valence-corrected chi connectivity index (χ4v) is 1.30. The minimum atomic E-state index is 0.0898. The zero-order chi connectivity index (χ0) is 10.0. The van der Waals surface area contributed by atoms with Crippen LogP contribution in [0, 0.1) is 0 Å². The van der Waals surface area contributed by atoms with E-state index in [2.05, 4.69) is 4.98 Å². The largest absolute Gasteiger partial charge is 0.477 e. The molecule has 6 heteroatoms. The molecular weight excluding hydrogens is 234 g/mol. The molecular formula is C7H7Cl3N2O. The molecule has 3 nitrogen and oxygen atoms in total. The average molecular weight is 242 g/mol. The van der Waals surface area contributed by atoms with Crippen molar-refractivity contribution in [2.24, 2.45) is 0 Å². The summed E-state index contributed by atoms with van der Waals surface area (Å²) in [5.41, 5.74) is 5.73. The smallest absolute Gasteiger partial charge is 0.236 e. The molecule has 0 aliphatic heterocycles. The van der Waals surface area contributed by atoms with Crippen LogP contribution in [-0.4, -0.2) is 11.6 Å². The molecule has 0 saturated carbocycles. The molecule has 0 aromatic carbocycles. The van der Waals surface area contributed by atoms with Gasteiger partial charge in [0.2, 0.25) is 5.88 Å². The van der Waals surface area contributed by atoms with Crippen LogP contribution in [0.4, 0.5) is 5.69 Å². The lowest BCUT2D eigenvalue weighted by molar-refractivity contribution is 0.327. The number of pyridine rings is 1. The summed E-state index contributed by atoms with van der Waals surface area (Å²) < 4.78 is 5.09. The monoisotopic (exact) mass is 240 g/mol. The first-order valence-electron chi connectivity index (χ1n) is 3.50. The van der Waals surface area contributed by atoms with Crippen LogP contribution >= 0.6 is 34.8 Å². The van der Waals surface area contributed by atoms with Gasteiger partial charge in [-0.3, -0.25) is 0 Å². The molecule has 1 rings (SSSR count). The Morgan fingerprint density at radius 1 is 1.31 bits per heavy atom. The molecule has 0 fully saturated rings. The molecule has 0 aliphatic carbocycles. The third kappa shape index (κ3) is 2.10. The average Bonchev–Trinajstić information content (AvgIpc) is 2.11. The highest BCUT2D eigenvalue weighted by atomic mass is 35.5. The summed E-state index contributed by atoms with van der Waals surface area (Å²) in [7, 11) is 0. The molecule has 0 bridgehead atoms. The quantitative estimate of drug-likeness (QED) is 0.810. The van der Waals surface area contributed by atoms with Gasteiger partial charge >= 0.3 is 0 Å². The number of anilines is 1. The van der Waals surface area contributed by atoms with E-state index < -0.39 is 0 Å². The van der Waals surface area contributed by atoms with E-state index in [-0.39, 0.29) is 26.8 Å². The highest BCUT2D eigenvalue weighted by molar-refractivity contribution is 6.45. The van der Waals surface area contributed by atoms with Gasteiger partial charge in [0.1, 0.15) is 10.0 Å². The Balaban J connectivity index is 3.24. The number of nitrogens with two attached hydrogens (primary N) is 1. The number of nitrogens with zero attached hydrogens (tertiary/aromatic N) is 1. The first-order valence-corrected chi connectivity index (χ1v) is 4.64. The Labute approximate surface area is 90.7 Å². The van der Waals surface area contributed by atoms with Crippen molar-refractivity contribution in [3.63, 3.8) is 0 Å². The summed E-state index contributed by atoms with van der Waals surface area (Å²) in [6.45, 7) is 2.24. The Bertz CT molecular complexity index is 330. The fourth-order valence-electron chi connectivity index (χ4n) is 0.742. The van der Waals surface area contributed by atoms with Crippen LogP contribution in [0.15, 0.2) is 0 Å². The van der Waals surface area contributed by atoms with Crippen LogP contribution < -0.4 is 10.5 Å². The number of halogens is 3. The number of aromatic nitrogens is 1. The van der Waals surface area contributed by atoms with Crippen LogP contribution in [0.2, 0.25) is 15.2 Å². The minimum Gasteiger partial charge on any atom is -0.477 e. The summed E-state index contributed by atoms with van der Waals surface area (Å²) in [4.78, 5) is 3.82. The van der Waals surface area contributed by atoms with Gasteiger partial charge in [0.15, 0.2) is 5.15 Å². The zero-order valence-corrected chi connectivity index (χ0v) is 9.04. The Kier molecular flexibility index (Phi) is 3.47. The molecule has 2 N–H and O–H groups in total. The van der Waals surface area contributed by atoms with Crippen LogP contribution in [-0.2, 0) is 0 Å². The van der Waals surface area contributed by atoms with Crippen LogP contribution in [0.3, 0.4) is 0 Å². The predicted octanol–water partition coefficient (Wildman–Crippen LogP) is 3.02. The van der Waals surface area contributed by atoms with Crippen molar-refractivity contribution in [2.75, 3.05) is 12.3 Å². The molecule has 72 valence electrons. The summed E-state index contributed by atoms with van der Waals surface area (Å²) in [6, 6.07) is 0. The van der Waals surface area contributed by atoms with Gasteiger partial charge in [-0.1, -0.05) is 34.8 Å². The number of hydrogen-bond acceptors (Lipinski definition) is 3. The highest BCUT2D eigenvalue weighted by Crippen LogP contribution is 2.37. The Morgan fingerprint density at radius 3 is 2.46 bits per heavy atom. The number of rotatable bonds is 2. The van der Waals surface area contributed by atoms with Crippen molar-refractivity contribution in [1.29, 1.82) is 0 Å². The molecule has 0 radical (unpaired) electrons. The van der Waals surface area contributed by atoms with E-state index in [1.54, 1.807) is 6.92 Å². The van der Waals surface area contributed by atoms with Gasteiger partial charge in [-0.05, 0) is 6.92 Å². The van der Waals surface area contributed by atoms with Crippen molar-refractivity contribution >= 4 is 40.5 Å². The van der Waals surface area contributed by atoms with E-state index in [9.17, 15) is 0 Å². The van der Waals surface area contributed by atoms with Crippen LogP contribution in [0.25, 0.3) is 0 Å². The van der Waals surface area contributed by atoms with E-state index in [0.717, 1.165) is 0 Å². The van der Waals surface area contributed by atoms with Gasteiger partial charge in [-0.2, -0.15) is 4.98 Å². The summed E-state index contributed by atoms with van der Waals surface area (Å²) >= 11 is 17.2.